The van der Waals surface area contributed by atoms with Gasteiger partial charge in [-0.25, -0.2) is 0 Å². The number of benzene rings is 2. The Hall–Kier alpha value is -1.96. The molecule has 100 valence electrons. The van der Waals surface area contributed by atoms with Crippen LogP contribution in [0.2, 0.25) is 0 Å². The molecule has 0 unspecified atom stereocenters. The highest BCUT2D eigenvalue weighted by atomic mass is 16.3. The van der Waals surface area contributed by atoms with Crippen LogP contribution in [0.5, 0.6) is 5.75 Å². The molecule has 0 aromatic heterocycles. The van der Waals surface area contributed by atoms with Crippen molar-refractivity contribution in [1.82, 2.24) is 0 Å². The number of phenols is 1. The Kier molecular flexibility index (Phi) is 3.79. The van der Waals surface area contributed by atoms with Crippen LogP contribution in [0.4, 0.5) is 5.69 Å². The Balaban J connectivity index is 2.16. The summed E-state index contributed by atoms with van der Waals surface area (Å²) in [5.74, 6) is 0.309. The van der Waals surface area contributed by atoms with Crippen molar-refractivity contribution in [2.75, 3.05) is 5.32 Å². The van der Waals surface area contributed by atoms with E-state index in [0.29, 0.717) is 12.3 Å². The molecule has 0 amide bonds. The van der Waals surface area contributed by atoms with Gasteiger partial charge in [-0.3, -0.25) is 0 Å². The van der Waals surface area contributed by atoms with Crippen LogP contribution in [0.15, 0.2) is 48.5 Å². The molecule has 0 atom stereocenters. The lowest BCUT2D eigenvalue weighted by Gasteiger charge is -2.23. The van der Waals surface area contributed by atoms with Crippen molar-refractivity contribution in [3.63, 3.8) is 0 Å². The Bertz CT molecular complexity index is 555. The topological polar surface area (TPSA) is 32.3 Å². The molecule has 2 N–H and O–H groups in total. The number of rotatable bonds is 3. The van der Waals surface area contributed by atoms with Crippen molar-refractivity contribution in [3.05, 3.63) is 59.7 Å². The number of para-hydroxylation sites is 1. The minimum atomic E-state index is 0.114. The van der Waals surface area contributed by atoms with Gasteiger partial charge in [0.05, 0.1) is 0 Å². The fourth-order valence-electron chi connectivity index (χ4n) is 2.15. The second-order valence-corrected chi connectivity index (χ2v) is 5.82. The van der Waals surface area contributed by atoms with Crippen molar-refractivity contribution in [2.45, 2.75) is 32.7 Å². The van der Waals surface area contributed by atoms with Crippen molar-refractivity contribution in [2.24, 2.45) is 0 Å². The summed E-state index contributed by atoms with van der Waals surface area (Å²) in [4.78, 5) is 0. The van der Waals surface area contributed by atoms with E-state index in [4.69, 9.17) is 0 Å². The van der Waals surface area contributed by atoms with E-state index >= 15 is 0 Å². The van der Waals surface area contributed by atoms with Crippen molar-refractivity contribution >= 4 is 5.69 Å². The molecule has 0 spiro atoms. The number of phenolic OH excluding ortho intramolecular Hbond substituents is 1. The lowest BCUT2D eigenvalue weighted by molar-refractivity contribution is 0.474. The SMILES string of the molecule is CC(C)(C)c1ccccc1NCc1cccc(O)c1. The van der Waals surface area contributed by atoms with Crippen LogP contribution in [0.3, 0.4) is 0 Å². The molecule has 0 aliphatic heterocycles. The van der Waals surface area contributed by atoms with E-state index in [-0.39, 0.29) is 5.41 Å². The Morgan fingerprint density at radius 1 is 1.00 bits per heavy atom. The van der Waals surface area contributed by atoms with Gasteiger partial charge in [-0.1, -0.05) is 51.1 Å². The highest BCUT2D eigenvalue weighted by Crippen LogP contribution is 2.29. The van der Waals surface area contributed by atoms with Gasteiger partial charge in [0.15, 0.2) is 0 Å². The van der Waals surface area contributed by atoms with Gasteiger partial charge in [0.25, 0.3) is 0 Å². The number of hydrogen-bond acceptors (Lipinski definition) is 2. The first kappa shape index (κ1) is 13.5. The van der Waals surface area contributed by atoms with Crippen LogP contribution < -0.4 is 5.32 Å². The number of anilines is 1. The van der Waals surface area contributed by atoms with E-state index in [0.717, 1.165) is 11.3 Å². The summed E-state index contributed by atoms with van der Waals surface area (Å²) >= 11 is 0. The van der Waals surface area contributed by atoms with E-state index < -0.39 is 0 Å². The van der Waals surface area contributed by atoms with Gasteiger partial charge in [-0.15, -0.1) is 0 Å². The molecule has 0 radical (unpaired) electrons. The van der Waals surface area contributed by atoms with Crippen LogP contribution in [-0.2, 0) is 12.0 Å². The third-order valence-corrected chi connectivity index (χ3v) is 3.13. The molecule has 0 fully saturated rings. The molecule has 0 heterocycles. The summed E-state index contributed by atoms with van der Waals surface area (Å²) in [6, 6.07) is 15.7. The molecule has 2 nitrogen and oxygen atoms in total. The smallest absolute Gasteiger partial charge is 0.115 e. The maximum atomic E-state index is 9.47. The lowest BCUT2D eigenvalue weighted by Crippen LogP contribution is -2.14. The molecule has 2 aromatic carbocycles. The van der Waals surface area contributed by atoms with Crippen LogP contribution in [-0.4, -0.2) is 5.11 Å². The fourth-order valence-corrected chi connectivity index (χ4v) is 2.15. The van der Waals surface area contributed by atoms with Crippen molar-refractivity contribution in [1.29, 1.82) is 0 Å². The average molecular weight is 255 g/mol. The molecule has 0 aliphatic rings. The minimum absolute atomic E-state index is 0.114. The maximum absolute atomic E-state index is 9.47. The third kappa shape index (κ3) is 3.50. The van der Waals surface area contributed by atoms with Crippen LogP contribution >= 0.6 is 0 Å². The Morgan fingerprint density at radius 3 is 2.42 bits per heavy atom. The molecule has 0 saturated carbocycles. The molecule has 19 heavy (non-hydrogen) atoms. The van der Waals surface area contributed by atoms with E-state index in [2.05, 4.69) is 44.3 Å². The second kappa shape index (κ2) is 5.35. The first-order valence-electron chi connectivity index (χ1n) is 6.58. The van der Waals surface area contributed by atoms with E-state index in [1.807, 2.05) is 18.2 Å². The zero-order valence-corrected chi connectivity index (χ0v) is 11.8. The summed E-state index contributed by atoms with van der Waals surface area (Å²) in [7, 11) is 0. The molecular formula is C17H21NO. The average Bonchev–Trinajstić information content (AvgIpc) is 2.36. The zero-order valence-electron chi connectivity index (χ0n) is 11.8. The highest BCUT2D eigenvalue weighted by Gasteiger charge is 2.16. The molecule has 0 saturated heterocycles. The molecule has 0 aliphatic carbocycles. The summed E-state index contributed by atoms with van der Waals surface area (Å²) in [6.45, 7) is 7.34. The lowest BCUT2D eigenvalue weighted by atomic mass is 9.86. The molecule has 2 aromatic rings. The summed E-state index contributed by atoms with van der Waals surface area (Å²) in [5, 5.41) is 12.9. The van der Waals surface area contributed by atoms with Gasteiger partial charge in [-0.05, 0) is 34.7 Å². The van der Waals surface area contributed by atoms with E-state index in [9.17, 15) is 5.11 Å². The summed E-state index contributed by atoms with van der Waals surface area (Å²) < 4.78 is 0. The van der Waals surface area contributed by atoms with Gasteiger partial charge in [0.1, 0.15) is 5.75 Å². The summed E-state index contributed by atoms with van der Waals surface area (Å²) in [6.07, 6.45) is 0. The third-order valence-electron chi connectivity index (χ3n) is 3.13. The second-order valence-electron chi connectivity index (χ2n) is 5.82. The highest BCUT2D eigenvalue weighted by molar-refractivity contribution is 5.54. The molecular weight excluding hydrogens is 234 g/mol. The van der Waals surface area contributed by atoms with E-state index in [1.165, 1.54) is 5.56 Å². The van der Waals surface area contributed by atoms with Gasteiger partial charge >= 0.3 is 0 Å². The first-order valence-corrected chi connectivity index (χ1v) is 6.58. The maximum Gasteiger partial charge on any atom is 0.115 e. The largest absolute Gasteiger partial charge is 0.508 e. The van der Waals surface area contributed by atoms with Crippen LogP contribution in [0.25, 0.3) is 0 Å². The van der Waals surface area contributed by atoms with Crippen LogP contribution in [0, 0.1) is 0 Å². The minimum Gasteiger partial charge on any atom is -0.508 e. The number of nitrogens with one attached hydrogen (secondary N) is 1. The predicted molar refractivity (Wildman–Crippen MR) is 80.6 cm³/mol. The van der Waals surface area contributed by atoms with Gasteiger partial charge < -0.3 is 10.4 Å². The van der Waals surface area contributed by atoms with Crippen LogP contribution in [0.1, 0.15) is 31.9 Å². The monoisotopic (exact) mass is 255 g/mol. The predicted octanol–water partition coefficient (Wildman–Crippen LogP) is 4.30. The number of aromatic hydroxyl groups is 1. The summed E-state index contributed by atoms with van der Waals surface area (Å²) in [5.41, 5.74) is 3.64. The van der Waals surface area contributed by atoms with Gasteiger partial charge in [-0.2, -0.15) is 0 Å². The van der Waals surface area contributed by atoms with Crippen molar-refractivity contribution < 1.29 is 5.11 Å². The van der Waals surface area contributed by atoms with Gasteiger partial charge in [0, 0.05) is 12.2 Å². The quantitative estimate of drug-likeness (QED) is 0.857. The Labute approximate surface area is 115 Å². The van der Waals surface area contributed by atoms with E-state index in [1.54, 1.807) is 12.1 Å². The van der Waals surface area contributed by atoms with Crippen molar-refractivity contribution in [3.8, 4) is 5.75 Å². The normalized spacial score (nSPS) is 11.3. The standard InChI is InChI=1S/C17H21NO/c1-17(2,3)15-9-4-5-10-16(15)18-12-13-7-6-8-14(19)11-13/h4-11,18-19H,12H2,1-3H3. The zero-order chi connectivity index (χ0) is 13.9. The molecule has 2 rings (SSSR count). The molecule has 2 heteroatoms. The Morgan fingerprint density at radius 2 is 1.74 bits per heavy atom. The van der Waals surface area contributed by atoms with Gasteiger partial charge in [0.2, 0.25) is 0 Å². The molecule has 0 bridgehead atoms. The first-order chi connectivity index (χ1) is 8.97. The fraction of sp³-hybridized carbons (Fsp3) is 0.294. The number of hydrogen-bond donors (Lipinski definition) is 2.